The van der Waals surface area contributed by atoms with Crippen molar-refractivity contribution in [3.63, 3.8) is 0 Å². The lowest BCUT2D eigenvalue weighted by molar-refractivity contribution is 0.00552. The summed E-state index contributed by atoms with van der Waals surface area (Å²) in [7, 11) is 0.469. The van der Waals surface area contributed by atoms with Crippen LogP contribution in [0.25, 0.3) is 11.0 Å². The summed E-state index contributed by atoms with van der Waals surface area (Å²) in [5, 5.41) is 9.95. The number of nitrogens with zero attached hydrogens (tertiary/aromatic N) is 3. The molecule has 1 aliphatic rings. The van der Waals surface area contributed by atoms with Crippen LogP contribution in [0, 0.1) is 5.82 Å². The van der Waals surface area contributed by atoms with E-state index in [1.54, 1.807) is 34.4 Å². The Labute approximate surface area is 240 Å². The summed E-state index contributed by atoms with van der Waals surface area (Å²) >= 11 is 6.54. The van der Waals surface area contributed by atoms with E-state index in [1.807, 2.05) is 13.0 Å². The van der Waals surface area contributed by atoms with Crippen LogP contribution in [0.2, 0.25) is 30.7 Å². The number of rotatable bonds is 10. The molecule has 0 bridgehead atoms. The number of likely N-dealkylation sites (tertiary alicyclic amines) is 1. The SMILES string of the molecule is CC(OCC1(c2ccc(F)cc2)CCN(C(=O)O)CC1)c1cc(Cl)cc2c1n(C)c(=O)n2COCC[Si](C)(C)C. The van der Waals surface area contributed by atoms with Gasteiger partial charge in [0.25, 0.3) is 0 Å². The van der Waals surface area contributed by atoms with Crippen LogP contribution in [0.1, 0.15) is 37.0 Å². The number of amides is 1. The molecule has 218 valence electrons. The number of imidazole rings is 1. The summed E-state index contributed by atoms with van der Waals surface area (Å²) in [6.45, 7) is 10.5. The van der Waals surface area contributed by atoms with Crippen molar-refractivity contribution in [3.05, 3.63) is 68.8 Å². The maximum absolute atomic E-state index is 13.7. The lowest BCUT2D eigenvalue weighted by Crippen LogP contribution is -2.47. The van der Waals surface area contributed by atoms with Crippen LogP contribution in [-0.4, -0.2) is 59.6 Å². The second-order valence-corrected chi connectivity index (χ2v) is 18.0. The molecule has 0 saturated carbocycles. The zero-order valence-electron chi connectivity index (χ0n) is 23.9. The van der Waals surface area contributed by atoms with Crippen LogP contribution in [-0.2, 0) is 28.7 Å². The smallest absolute Gasteiger partial charge is 0.407 e. The van der Waals surface area contributed by atoms with Gasteiger partial charge in [-0.05, 0) is 55.6 Å². The number of fused-ring (bicyclic) bond motifs is 1. The largest absolute Gasteiger partial charge is 0.465 e. The van der Waals surface area contributed by atoms with Crippen LogP contribution in [0.4, 0.5) is 9.18 Å². The van der Waals surface area contributed by atoms with Gasteiger partial charge in [-0.2, -0.15) is 0 Å². The number of aryl methyl sites for hydroxylation is 1. The van der Waals surface area contributed by atoms with Gasteiger partial charge in [0.1, 0.15) is 12.5 Å². The number of aromatic nitrogens is 2. The molecule has 3 aromatic rings. The molecule has 0 aliphatic carbocycles. The summed E-state index contributed by atoms with van der Waals surface area (Å²) < 4.78 is 29.3. The molecule has 8 nitrogen and oxygen atoms in total. The predicted molar refractivity (Wildman–Crippen MR) is 158 cm³/mol. The van der Waals surface area contributed by atoms with Crippen molar-refractivity contribution >= 4 is 36.8 Å². The number of carboxylic acid groups (broad SMARTS) is 1. The molecule has 2 heterocycles. The number of hydrogen-bond donors (Lipinski definition) is 1. The standard InChI is InChI=1S/C29H39ClFN3O5Si/c1-20(39-18-29(21-6-8-23(31)9-7-21)10-12-33(13-11-29)28(36)37)24-16-22(30)17-25-26(24)32(2)27(35)34(25)19-38-14-15-40(3,4)5/h6-9,16-17,20H,10-15,18-19H2,1-5H3,(H,36,37). The third kappa shape index (κ3) is 6.62. The van der Waals surface area contributed by atoms with Crippen molar-refractivity contribution in [3.8, 4) is 0 Å². The molecule has 1 unspecified atom stereocenters. The number of halogens is 2. The van der Waals surface area contributed by atoms with E-state index in [0.29, 0.717) is 49.7 Å². The molecule has 0 spiro atoms. The number of benzene rings is 2. The first-order valence-electron chi connectivity index (χ1n) is 13.6. The molecule has 40 heavy (non-hydrogen) atoms. The summed E-state index contributed by atoms with van der Waals surface area (Å²) in [5.74, 6) is -0.327. The van der Waals surface area contributed by atoms with Crippen molar-refractivity contribution in [2.24, 2.45) is 7.05 Å². The third-order valence-corrected chi connectivity index (χ3v) is 9.86. The summed E-state index contributed by atoms with van der Waals surface area (Å²) in [6, 6.07) is 11.0. The van der Waals surface area contributed by atoms with Crippen molar-refractivity contribution in [2.75, 3.05) is 26.3 Å². The van der Waals surface area contributed by atoms with Crippen molar-refractivity contribution in [1.29, 1.82) is 0 Å². The molecule has 1 atom stereocenters. The molecular weight excluding hydrogens is 553 g/mol. The average molecular weight is 592 g/mol. The fourth-order valence-electron chi connectivity index (χ4n) is 5.35. The van der Waals surface area contributed by atoms with Gasteiger partial charge in [0.2, 0.25) is 0 Å². The Balaban J connectivity index is 1.60. The van der Waals surface area contributed by atoms with E-state index < -0.39 is 25.7 Å². The lowest BCUT2D eigenvalue weighted by atomic mass is 9.73. The Hall–Kier alpha value is -2.66. The van der Waals surface area contributed by atoms with E-state index in [-0.39, 0.29) is 18.2 Å². The summed E-state index contributed by atoms with van der Waals surface area (Å²) in [6.07, 6.45) is -0.276. The fraction of sp³-hybridized carbons (Fsp3) is 0.517. The van der Waals surface area contributed by atoms with Crippen molar-refractivity contribution in [2.45, 2.75) is 63.7 Å². The van der Waals surface area contributed by atoms with E-state index >= 15 is 0 Å². The highest BCUT2D eigenvalue weighted by atomic mass is 35.5. The first-order valence-corrected chi connectivity index (χ1v) is 17.7. The molecule has 2 aromatic carbocycles. The maximum Gasteiger partial charge on any atom is 0.407 e. The van der Waals surface area contributed by atoms with E-state index in [9.17, 15) is 19.1 Å². The van der Waals surface area contributed by atoms with Crippen LogP contribution in [0.3, 0.4) is 0 Å². The predicted octanol–water partition coefficient (Wildman–Crippen LogP) is 6.23. The first-order chi connectivity index (χ1) is 18.8. The minimum atomic E-state index is -1.26. The van der Waals surface area contributed by atoms with Gasteiger partial charge in [0.05, 0.1) is 23.7 Å². The molecule has 1 aromatic heterocycles. The first kappa shape index (κ1) is 30.3. The number of piperidine rings is 1. The van der Waals surface area contributed by atoms with Gasteiger partial charge in [-0.3, -0.25) is 9.13 Å². The Morgan fingerprint density at radius 2 is 1.82 bits per heavy atom. The fourth-order valence-corrected chi connectivity index (χ4v) is 6.32. The molecule has 1 amide bonds. The normalized spacial score (nSPS) is 16.4. The third-order valence-electron chi connectivity index (χ3n) is 7.94. The number of hydrogen-bond acceptors (Lipinski definition) is 4. The zero-order chi connectivity index (χ0) is 29.2. The summed E-state index contributed by atoms with van der Waals surface area (Å²) in [5.41, 5.74) is 2.43. The van der Waals surface area contributed by atoms with Crippen LogP contribution >= 0.6 is 11.6 Å². The molecule has 1 aliphatic heterocycles. The molecule has 11 heteroatoms. The second kappa shape index (κ2) is 12.1. The Kier molecular flexibility index (Phi) is 9.14. The van der Waals surface area contributed by atoms with Crippen LogP contribution in [0.15, 0.2) is 41.2 Å². The molecule has 0 radical (unpaired) electrons. The van der Waals surface area contributed by atoms with Gasteiger partial charge in [0.15, 0.2) is 0 Å². The molecule has 1 saturated heterocycles. The monoisotopic (exact) mass is 591 g/mol. The quantitative estimate of drug-likeness (QED) is 0.223. The topological polar surface area (TPSA) is 85.9 Å². The van der Waals surface area contributed by atoms with Crippen LogP contribution < -0.4 is 5.69 Å². The van der Waals surface area contributed by atoms with Gasteiger partial charge in [-0.25, -0.2) is 14.0 Å². The Morgan fingerprint density at radius 1 is 1.18 bits per heavy atom. The van der Waals surface area contributed by atoms with E-state index in [4.69, 9.17) is 21.1 Å². The Bertz CT molecular complexity index is 1410. The van der Waals surface area contributed by atoms with Gasteiger partial charge in [-0.1, -0.05) is 43.4 Å². The molecule has 4 rings (SSSR count). The lowest BCUT2D eigenvalue weighted by Gasteiger charge is -2.41. The maximum atomic E-state index is 13.7. The van der Waals surface area contributed by atoms with Crippen molar-refractivity contribution in [1.82, 2.24) is 14.0 Å². The van der Waals surface area contributed by atoms with Gasteiger partial charge in [-0.15, -0.1) is 0 Å². The second-order valence-electron chi connectivity index (χ2n) is 12.0. The highest BCUT2D eigenvalue weighted by Crippen LogP contribution is 2.38. The minimum Gasteiger partial charge on any atom is -0.465 e. The van der Waals surface area contributed by atoms with E-state index in [2.05, 4.69) is 19.6 Å². The summed E-state index contributed by atoms with van der Waals surface area (Å²) in [4.78, 5) is 26.1. The average Bonchev–Trinajstić information content (AvgIpc) is 3.13. The molecular formula is C29H39ClFN3O5Si. The number of carbonyl (C=O) groups is 1. The van der Waals surface area contributed by atoms with E-state index in [0.717, 1.165) is 22.7 Å². The van der Waals surface area contributed by atoms with Gasteiger partial charge >= 0.3 is 11.8 Å². The van der Waals surface area contributed by atoms with Crippen molar-refractivity contribution < 1.29 is 23.8 Å². The van der Waals surface area contributed by atoms with E-state index in [1.165, 1.54) is 17.0 Å². The minimum absolute atomic E-state index is 0.142. The highest BCUT2D eigenvalue weighted by Gasteiger charge is 2.38. The number of ether oxygens (including phenoxy) is 2. The molecule has 1 fully saturated rings. The zero-order valence-corrected chi connectivity index (χ0v) is 25.6. The van der Waals surface area contributed by atoms with Crippen LogP contribution in [0.5, 0.6) is 0 Å². The molecule has 1 N–H and O–H groups in total. The van der Waals surface area contributed by atoms with Gasteiger partial charge < -0.3 is 19.5 Å². The van der Waals surface area contributed by atoms with Gasteiger partial charge in [0, 0.05) is 50.8 Å². The highest BCUT2D eigenvalue weighted by molar-refractivity contribution is 6.76. The Morgan fingerprint density at radius 3 is 2.42 bits per heavy atom.